The molecule has 19 heavy (non-hydrogen) atoms. The highest BCUT2D eigenvalue weighted by molar-refractivity contribution is 9.10. The summed E-state index contributed by atoms with van der Waals surface area (Å²) in [5.41, 5.74) is 0.381. The molecule has 102 valence electrons. The van der Waals surface area contributed by atoms with Crippen molar-refractivity contribution in [1.82, 2.24) is 5.32 Å². The molecular weight excluding hydrogens is 323 g/mol. The van der Waals surface area contributed by atoms with E-state index in [9.17, 15) is 18.0 Å². The molecule has 0 saturated carbocycles. The SMILES string of the molecule is CC#CC(=O)N[C@@H](CC(F)(F)F)c1ccc(Br)cc1. The van der Waals surface area contributed by atoms with Crippen molar-refractivity contribution < 1.29 is 18.0 Å². The molecule has 1 N–H and O–H groups in total. The van der Waals surface area contributed by atoms with Crippen LogP contribution < -0.4 is 5.32 Å². The molecule has 1 aromatic carbocycles. The largest absolute Gasteiger partial charge is 0.391 e. The second-order valence-electron chi connectivity index (χ2n) is 3.77. The summed E-state index contributed by atoms with van der Waals surface area (Å²) in [6.45, 7) is 1.44. The van der Waals surface area contributed by atoms with E-state index in [1.807, 2.05) is 0 Å². The summed E-state index contributed by atoms with van der Waals surface area (Å²) in [6.07, 6.45) is -5.50. The Kier molecular flexibility index (Phi) is 5.43. The van der Waals surface area contributed by atoms with Crippen LogP contribution >= 0.6 is 15.9 Å². The molecule has 2 nitrogen and oxygen atoms in total. The molecule has 0 aromatic heterocycles. The smallest absolute Gasteiger partial charge is 0.338 e. The van der Waals surface area contributed by atoms with Crippen molar-refractivity contribution in [3.05, 3.63) is 34.3 Å². The summed E-state index contributed by atoms with van der Waals surface area (Å²) in [5, 5.41) is 2.26. The molecule has 1 rings (SSSR count). The number of nitrogens with one attached hydrogen (secondary N) is 1. The third-order valence-electron chi connectivity index (χ3n) is 2.25. The van der Waals surface area contributed by atoms with Crippen molar-refractivity contribution >= 4 is 21.8 Å². The molecule has 0 fully saturated rings. The zero-order valence-corrected chi connectivity index (χ0v) is 11.6. The normalized spacial score (nSPS) is 12.3. The van der Waals surface area contributed by atoms with Gasteiger partial charge in [-0.15, -0.1) is 0 Å². The summed E-state index contributed by atoms with van der Waals surface area (Å²) in [5.74, 6) is 3.79. The van der Waals surface area contributed by atoms with E-state index in [1.165, 1.54) is 19.1 Å². The second-order valence-corrected chi connectivity index (χ2v) is 4.69. The van der Waals surface area contributed by atoms with E-state index in [0.29, 0.717) is 5.56 Å². The molecule has 0 bridgehead atoms. The minimum absolute atomic E-state index is 0.381. The highest BCUT2D eigenvalue weighted by atomic mass is 79.9. The maximum Gasteiger partial charge on any atom is 0.391 e. The molecule has 0 unspecified atom stereocenters. The second kappa shape index (κ2) is 6.62. The molecule has 1 amide bonds. The van der Waals surface area contributed by atoms with Gasteiger partial charge in [0.2, 0.25) is 0 Å². The van der Waals surface area contributed by atoms with Crippen molar-refractivity contribution in [3.63, 3.8) is 0 Å². The van der Waals surface area contributed by atoms with Gasteiger partial charge in [-0.1, -0.05) is 34.0 Å². The molecule has 6 heteroatoms. The number of alkyl halides is 3. The van der Waals surface area contributed by atoms with Gasteiger partial charge in [-0.25, -0.2) is 0 Å². The van der Waals surface area contributed by atoms with Gasteiger partial charge in [0.25, 0.3) is 5.91 Å². The molecule has 0 heterocycles. The van der Waals surface area contributed by atoms with E-state index >= 15 is 0 Å². The van der Waals surface area contributed by atoms with Gasteiger partial charge in [-0.3, -0.25) is 4.79 Å². The number of halogens is 4. The number of hydrogen-bond acceptors (Lipinski definition) is 1. The van der Waals surface area contributed by atoms with Gasteiger partial charge in [0.05, 0.1) is 12.5 Å². The molecule has 0 aliphatic heterocycles. The summed E-state index contributed by atoms with van der Waals surface area (Å²) in [7, 11) is 0. The Morgan fingerprint density at radius 3 is 2.42 bits per heavy atom. The van der Waals surface area contributed by atoms with Crippen molar-refractivity contribution in [2.24, 2.45) is 0 Å². The topological polar surface area (TPSA) is 29.1 Å². The Hall–Kier alpha value is -1.48. The molecule has 0 spiro atoms. The van der Waals surface area contributed by atoms with Crippen molar-refractivity contribution in [2.45, 2.75) is 25.6 Å². The van der Waals surface area contributed by atoms with Crippen LogP contribution in [-0.4, -0.2) is 12.1 Å². The first-order valence-electron chi connectivity index (χ1n) is 5.37. The number of benzene rings is 1. The Balaban J connectivity index is 2.93. The van der Waals surface area contributed by atoms with Crippen molar-refractivity contribution in [3.8, 4) is 11.8 Å². The van der Waals surface area contributed by atoms with Crippen LogP contribution in [0.1, 0.15) is 24.9 Å². The Morgan fingerprint density at radius 1 is 1.37 bits per heavy atom. The lowest BCUT2D eigenvalue weighted by molar-refractivity contribution is -0.142. The maximum atomic E-state index is 12.5. The summed E-state index contributed by atoms with van der Waals surface area (Å²) < 4.78 is 38.3. The van der Waals surface area contributed by atoms with Crippen LogP contribution in [0.25, 0.3) is 0 Å². The lowest BCUT2D eigenvalue weighted by atomic mass is 10.0. The van der Waals surface area contributed by atoms with Gasteiger partial charge in [-0.2, -0.15) is 13.2 Å². The standard InChI is InChI=1S/C13H11BrF3NO/c1-2-3-12(19)18-11(8-13(15,16)17)9-4-6-10(14)7-5-9/h4-7,11H,8H2,1H3,(H,18,19)/t11-/m0/s1. The van der Waals surface area contributed by atoms with E-state index in [-0.39, 0.29) is 0 Å². The van der Waals surface area contributed by atoms with E-state index in [4.69, 9.17) is 0 Å². The van der Waals surface area contributed by atoms with Crippen molar-refractivity contribution in [2.75, 3.05) is 0 Å². The van der Waals surface area contributed by atoms with Gasteiger partial charge < -0.3 is 5.32 Å². The Morgan fingerprint density at radius 2 is 1.95 bits per heavy atom. The first kappa shape index (κ1) is 15.6. The van der Waals surface area contributed by atoms with E-state index in [0.717, 1.165) is 4.47 Å². The highest BCUT2D eigenvalue weighted by Gasteiger charge is 2.33. The van der Waals surface area contributed by atoms with Gasteiger partial charge in [0, 0.05) is 4.47 Å². The van der Waals surface area contributed by atoms with Gasteiger partial charge in [-0.05, 0) is 30.5 Å². The number of carbonyl (C=O) groups is 1. The fraction of sp³-hybridized carbons (Fsp3) is 0.308. The van der Waals surface area contributed by atoms with Crippen LogP contribution in [0.15, 0.2) is 28.7 Å². The Bertz CT molecular complexity index is 499. The molecule has 0 aliphatic carbocycles. The number of hydrogen-bond donors (Lipinski definition) is 1. The molecule has 0 aliphatic rings. The first-order valence-corrected chi connectivity index (χ1v) is 6.16. The monoisotopic (exact) mass is 333 g/mol. The van der Waals surface area contributed by atoms with Crippen LogP contribution in [0.5, 0.6) is 0 Å². The summed E-state index contributed by atoms with van der Waals surface area (Å²) in [4.78, 5) is 11.3. The van der Waals surface area contributed by atoms with E-state index in [2.05, 4.69) is 33.1 Å². The van der Waals surface area contributed by atoms with Gasteiger partial charge >= 0.3 is 6.18 Å². The third-order valence-corrected chi connectivity index (χ3v) is 2.78. The quantitative estimate of drug-likeness (QED) is 0.841. The first-order chi connectivity index (χ1) is 8.81. The lowest BCUT2D eigenvalue weighted by Gasteiger charge is -2.19. The molecule has 1 aromatic rings. The zero-order chi connectivity index (χ0) is 14.5. The third kappa shape index (κ3) is 5.79. The maximum absolute atomic E-state index is 12.5. The molecular formula is C13H11BrF3NO. The average Bonchev–Trinajstić information content (AvgIpc) is 2.27. The molecule has 1 atom stereocenters. The van der Waals surface area contributed by atoms with Gasteiger partial charge in [0.15, 0.2) is 0 Å². The zero-order valence-electron chi connectivity index (χ0n) is 10.0. The van der Waals surface area contributed by atoms with Gasteiger partial charge in [0.1, 0.15) is 0 Å². The number of rotatable bonds is 3. The van der Waals surface area contributed by atoms with Crippen LogP contribution in [0.4, 0.5) is 13.2 Å². The van der Waals surface area contributed by atoms with E-state index in [1.54, 1.807) is 12.1 Å². The Labute approximate surface area is 117 Å². The van der Waals surface area contributed by atoms with Crippen molar-refractivity contribution in [1.29, 1.82) is 0 Å². The van der Waals surface area contributed by atoms with Crippen LogP contribution in [0.3, 0.4) is 0 Å². The minimum Gasteiger partial charge on any atom is -0.338 e. The van der Waals surface area contributed by atoms with Crippen LogP contribution in [0.2, 0.25) is 0 Å². The predicted molar refractivity (Wildman–Crippen MR) is 69.1 cm³/mol. The number of amides is 1. The molecule has 0 saturated heterocycles. The highest BCUT2D eigenvalue weighted by Crippen LogP contribution is 2.30. The summed E-state index contributed by atoms with van der Waals surface area (Å²) >= 11 is 3.20. The fourth-order valence-electron chi connectivity index (χ4n) is 1.49. The predicted octanol–water partition coefficient (Wildman–Crippen LogP) is 3.58. The number of carbonyl (C=O) groups excluding carboxylic acids is 1. The summed E-state index contributed by atoms with van der Waals surface area (Å²) in [6, 6.07) is 5.16. The average molecular weight is 334 g/mol. The van der Waals surface area contributed by atoms with Crippen LogP contribution in [-0.2, 0) is 4.79 Å². The fourth-order valence-corrected chi connectivity index (χ4v) is 1.75. The molecule has 0 radical (unpaired) electrons. The van der Waals surface area contributed by atoms with E-state index < -0.39 is 24.5 Å². The lowest BCUT2D eigenvalue weighted by Crippen LogP contribution is -2.31. The van der Waals surface area contributed by atoms with Crippen LogP contribution in [0, 0.1) is 11.8 Å². The minimum atomic E-state index is -4.37.